The molecule has 1 aromatic heterocycles. The number of benzene rings is 3. The molecule has 4 rings (SSSR count). The van der Waals surface area contributed by atoms with E-state index in [1.807, 2.05) is 30.3 Å². The molecule has 0 unspecified atom stereocenters. The minimum Gasteiger partial charge on any atom is -0.447 e. The Morgan fingerprint density at radius 2 is 1.71 bits per heavy atom. The molecule has 4 aromatic rings. The molecule has 5 nitrogen and oxygen atoms in total. The average Bonchev–Trinajstić information content (AvgIpc) is 3.34. The number of amides is 1. The second kappa shape index (κ2) is 11.5. The SMILES string of the molecule is C[C@@H](c1ccccc1)N(Cc1ccc(Cl)c(Cl)c1)Cc1nc(C(=O)NCc2ccc(F)cc2)co1. The largest absolute Gasteiger partial charge is 0.447 e. The van der Waals surface area contributed by atoms with Gasteiger partial charge in [0.15, 0.2) is 5.69 Å². The topological polar surface area (TPSA) is 58.4 Å². The van der Waals surface area contributed by atoms with Crippen molar-refractivity contribution in [3.8, 4) is 0 Å². The predicted octanol–water partition coefficient (Wildman–Crippen LogP) is 6.81. The molecule has 0 saturated heterocycles. The summed E-state index contributed by atoms with van der Waals surface area (Å²) in [6, 6.07) is 21.6. The summed E-state index contributed by atoms with van der Waals surface area (Å²) in [6.07, 6.45) is 1.35. The first kappa shape index (κ1) is 24.9. The molecule has 0 saturated carbocycles. The predicted molar refractivity (Wildman–Crippen MR) is 135 cm³/mol. The number of carbonyl (C=O) groups is 1. The summed E-state index contributed by atoms with van der Waals surface area (Å²) in [5.74, 6) is -0.271. The van der Waals surface area contributed by atoms with Crippen LogP contribution in [0, 0.1) is 5.82 Å². The molecule has 1 heterocycles. The molecule has 0 bridgehead atoms. The summed E-state index contributed by atoms with van der Waals surface area (Å²) in [5.41, 5.74) is 3.10. The van der Waals surface area contributed by atoms with Crippen molar-refractivity contribution in [2.45, 2.75) is 32.6 Å². The second-order valence-corrected chi connectivity index (χ2v) is 8.99. The van der Waals surface area contributed by atoms with Crippen LogP contribution in [0.15, 0.2) is 83.5 Å². The second-order valence-electron chi connectivity index (χ2n) is 8.18. The van der Waals surface area contributed by atoms with Gasteiger partial charge in [-0.15, -0.1) is 0 Å². The van der Waals surface area contributed by atoms with Gasteiger partial charge in [0.1, 0.15) is 12.1 Å². The summed E-state index contributed by atoms with van der Waals surface area (Å²) >= 11 is 12.3. The maximum Gasteiger partial charge on any atom is 0.273 e. The Kier molecular flexibility index (Phi) is 8.18. The molecule has 35 heavy (non-hydrogen) atoms. The Bertz CT molecular complexity index is 1280. The number of oxazole rings is 1. The molecule has 0 fully saturated rings. The van der Waals surface area contributed by atoms with Gasteiger partial charge in [0.05, 0.1) is 16.6 Å². The van der Waals surface area contributed by atoms with Crippen LogP contribution in [0.25, 0.3) is 0 Å². The van der Waals surface area contributed by atoms with Crippen LogP contribution in [0.2, 0.25) is 10.0 Å². The fourth-order valence-electron chi connectivity index (χ4n) is 3.68. The zero-order valence-corrected chi connectivity index (χ0v) is 20.6. The number of nitrogens with zero attached hydrogens (tertiary/aromatic N) is 2. The zero-order valence-electron chi connectivity index (χ0n) is 19.0. The third kappa shape index (κ3) is 6.69. The van der Waals surface area contributed by atoms with E-state index in [-0.39, 0.29) is 30.0 Å². The number of carbonyl (C=O) groups excluding carboxylic acids is 1. The van der Waals surface area contributed by atoms with E-state index in [1.54, 1.807) is 18.2 Å². The van der Waals surface area contributed by atoms with Crippen LogP contribution in [-0.2, 0) is 19.6 Å². The number of hydrogen-bond acceptors (Lipinski definition) is 4. The maximum absolute atomic E-state index is 13.1. The summed E-state index contributed by atoms with van der Waals surface area (Å²) in [6.45, 7) is 3.31. The summed E-state index contributed by atoms with van der Waals surface area (Å²) in [5, 5.41) is 3.77. The van der Waals surface area contributed by atoms with Gasteiger partial charge in [-0.1, -0.05) is 71.7 Å². The minimum absolute atomic E-state index is 0.0355. The van der Waals surface area contributed by atoms with Crippen LogP contribution < -0.4 is 5.32 Å². The van der Waals surface area contributed by atoms with Crippen molar-refractivity contribution < 1.29 is 13.6 Å². The zero-order chi connectivity index (χ0) is 24.8. The molecule has 0 aliphatic carbocycles. The van der Waals surface area contributed by atoms with Crippen LogP contribution in [-0.4, -0.2) is 15.8 Å². The first-order valence-corrected chi connectivity index (χ1v) is 11.8. The fraction of sp³-hybridized carbons (Fsp3) is 0.185. The highest BCUT2D eigenvalue weighted by atomic mass is 35.5. The summed E-state index contributed by atoms with van der Waals surface area (Å²) < 4.78 is 18.7. The van der Waals surface area contributed by atoms with E-state index in [2.05, 4.69) is 34.3 Å². The van der Waals surface area contributed by atoms with Crippen molar-refractivity contribution in [1.29, 1.82) is 0 Å². The highest BCUT2D eigenvalue weighted by molar-refractivity contribution is 6.42. The third-order valence-corrected chi connectivity index (χ3v) is 6.43. The Morgan fingerprint density at radius 3 is 2.43 bits per heavy atom. The lowest BCUT2D eigenvalue weighted by molar-refractivity contribution is 0.0945. The first-order chi connectivity index (χ1) is 16.9. The number of halogens is 3. The maximum atomic E-state index is 13.1. The average molecular weight is 512 g/mol. The monoisotopic (exact) mass is 511 g/mol. The van der Waals surface area contributed by atoms with E-state index in [9.17, 15) is 9.18 Å². The van der Waals surface area contributed by atoms with E-state index in [1.165, 1.54) is 18.4 Å². The van der Waals surface area contributed by atoms with E-state index in [4.69, 9.17) is 27.6 Å². The van der Waals surface area contributed by atoms with Gasteiger partial charge >= 0.3 is 0 Å². The molecule has 180 valence electrons. The molecule has 3 aromatic carbocycles. The summed E-state index contributed by atoms with van der Waals surface area (Å²) in [4.78, 5) is 19.1. The Morgan fingerprint density at radius 1 is 1.00 bits per heavy atom. The third-order valence-electron chi connectivity index (χ3n) is 5.69. The van der Waals surface area contributed by atoms with Crippen molar-refractivity contribution >= 4 is 29.1 Å². The van der Waals surface area contributed by atoms with Crippen LogP contribution in [0.3, 0.4) is 0 Å². The van der Waals surface area contributed by atoms with Gasteiger partial charge in [-0.05, 0) is 47.9 Å². The van der Waals surface area contributed by atoms with Crippen LogP contribution in [0.1, 0.15) is 46.0 Å². The normalized spacial score (nSPS) is 12.0. The van der Waals surface area contributed by atoms with Gasteiger partial charge in [0.2, 0.25) is 5.89 Å². The number of nitrogens with one attached hydrogen (secondary N) is 1. The molecule has 1 atom stereocenters. The van der Waals surface area contributed by atoms with Crippen molar-refractivity contribution in [3.05, 3.63) is 123 Å². The lowest BCUT2D eigenvalue weighted by Crippen LogP contribution is -2.27. The highest BCUT2D eigenvalue weighted by Gasteiger charge is 2.21. The van der Waals surface area contributed by atoms with Crippen molar-refractivity contribution in [3.63, 3.8) is 0 Å². The van der Waals surface area contributed by atoms with Gasteiger partial charge in [0.25, 0.3) is 5.91 Å². The Labute approximate surface area is 213 Å². The van der Waals surface area contributed by atoms with Gasteiger partial charge in [-0.3, -0.25) is 9.69 Å². The minimum atomic E-state index is -0.364. The molecule has 0 radical (unpaired) electrons. The standard InChI is InChI=1S/C27H24Cl2FN3O2/c1-18(21-5-3-2-4-6-21)33(15-20-9-12-23(28)24(29)13-20)16-26-32-25(17-35-26)27(34)31-14-19-7-10-22(30)11-8-19/h2-13,17-18H,14-16H2,1H3,(H,31,34)/t18-/m0/s1. The molecule has 8 heteroatoms. The van der Waals surface area contributed by atoms with Gasteiger partial charge in [-0.2, -0.15) is 0 Å². The molecule has 0 aliphatic heterocycles. The van der Waals surface area contributed by atoms with Crippen LogP contribution >= 0.6 is 23.2 Å². The Balaban J connectivity index is 1.47. The molecule has 0 spiro atoms. The van der Waals surface area contributed by atoms with Crippen molar-refractivity contribution in [1.82, 2.24) is 15.2 Å². The van der Waals surface area contributed by atoms with Gasteiger partial charge in [0, 0.05) is 19.1 Å². The van der Waals surface area contributed by atoms with E-state index in [0.717, 1.165) is 16.7 Å². The quantitative estimate of drug-likeness (QED) is 0.268. The first-order valence-electron chi connectivity index (χ1n) is 11.1. The smallest absolute Gasteiger partial charge is 0.273 e. The van der Waals surface area contributed by atoms with E-state index < -0.39 is 0 Å². The number of hydrogen-bond donors (Lipinski definition) is 1. The van der Waals surface area contributed by atoms with E-state index in [0.29, 0.717) is 29.0 Å². The molecule has 1 N–H and O–H groups in total. The van der Waals surface area contributed by atoms with Crippen molar-refractivity contribution in [2.75, 3.05) is 0 Å². The molecule has 1 amide bonds. The van der Waals surface area contributed by atoms with Crippen LogP contribution in [0.5, 0.6) is 0 Å². The summed E-state index contributed by atoms with van der Waals surface area (Å²) in [7, 11) is 0. The number of aromatic nitrogens is 1. The Hall–Kier alpha value is -3.19. The molecule has 0 aliphatic rings. The fourth-order valence-corrected chi connectivity index (χ4v) is 4.00. The highest BCUT2D eigenvalue weighted by Crippen LogP contribution is 2.27. The molecular formula is C27H24Cl2FN3O2. The van der Waals surface area contributed by atoms with Gasteiger partial charge in [-0.25, -0.2) is 9.37 Å². The molecular weight excluding hydrogens is 488 g/mol. The van der Waals surface area contributed by atoms with Gasteiger partial charge < -0.3 is 9.73 Å². The van der Waals surface area contributed by atoms with E-state index >= 15 is 0 Å². The lowest BCUT2D eigenvalue weighted by Gasteiger charge is -2.28. The lowest BCUT2D eigenvalue weighted by atomic mass is 10.1. The van der Waals surface area contributed by atoms with Crippen molar-refractivity contribution in [2.24, 2.45) is 0 Å². The number of rotatable bonds is 9. The van der Waals surface area contributed by atoms with Crippen LogP contribution in [0.4, 0.5) is 4.39 Å².